The minimum absolute atomic E-state index is 0.495. The Kier molecular flexibility index (Phi) is 7.87. The third kappa shape index (κ3) is 6.41. The van der Waals surface area contributed by atoms with E-state index in [1.54, 1.807) is 6.21 Å². The van der Waals surface area contributed by atoms with Crippen LogP contribution in [0.5, 0.6) is 5.75 Å². The Morgan fingerprint density at radius 1 is 1.24 bits per heavy atom. The maximum absolute atomic E-state index is 5.95. The van der Waals surface area contributed by atoms with Crippen LogP contribution in [0.15, 0.2) is 50.4 Å². The van der Waals surface area contributed by atoms with Crippen LogP contribution in [-0.2, 0) is 6.61 Å². The minimum Gasteiger partial charge on any atom is -0.487 e. The predicted molar refractivity (Wildman–Crippen MR) is 114 cm³/mol. The molecular weight excluding hydrogens is 466 g/mol. The number of aryl methyl sites for hydroxylation is 1. The Labute approximate surface area is 170 Å². The number of nitrogens with one attached hydrogen (secondary N) is 2. The van der Waals surface area contributed by atoms with Crippen LogP contribution in [-0.4, -0.2) is 17.9 Å². The summed E-state index contributed by atoms with van der Waals surface area (Å²) in [5.74, 6) is 0.759. The molecule has 0 aliphatic heterocycles. The first-order chi connectivity index (χ1) is 12.0. The molecule has 0 heterocycles. The van der Waals surface area contributed by atoms with E-state index >= 15 is 0 Å². The molecule has 0 aromatic heterocycles. The second-order valence-corrected chi connectivity index (χ2v) is 7.44. The summed E-state index contributed by atoms with van der Waals surface area (Å²) in [5, 5.41) is 7.58. The lowest BCUT2D eigenvalue weighted by molar-refractivity contribution is 0.302. The van der Waals surface area contributed by atoms with Crippen LogP contribution in [0, 0.1) is 6.92 Å². The molecule has 25 heavy (non-hydrogen) atoms. The van der Waals surface area contributed by atoms with Crippen molar-refractivity contribution in [3.63, 3.8) is 0 Å². The van der Waals surface area contributed by atoms with Crippen LogP contribution in [0.3, 0.4) is 0 Å². The zero-order valence-electron chi connectivity index (χ0n) is 14.0. The molecule has 0 aliphatic carbocycles. The van der Waals surface area contributed by atoms with Crippen molar-refractivity contribution in [2.24, 2.45) is 5.10 Å². The highest BCUT2D eigenvalue weighted by molar-refractivity contribution is 9.11. The van der Waals surface area contributed by atoms with Gasteiger partial charge in [-0.15, -0.1) is 0 Å². The SMILES string of the molecule is CCNC(=S)NN=Cc1cc(Br)c(OCc2cccc(C)c2)c(Br)c1. The number of thiocarbonyl (C=S) groups is 1. The Hall–Kier alpha value is -1.44. The van der Waals surface area contributed by atoms with Gasteiger partial charge in [0, 0.05) is 6.54 Å². The third-order valence-corrected chi connectivity index (χ3v) is 4.62. The number of nitrogens with zero attached hydrogens (tertiary/aromatic N) is 1. The summed E-state index contributed by atoms with van der Waals surface area (Å²) >= 11 is 12.2. The van der Waals surface area contributed by atoms with Crippen LogP contribution in [0.2, 0.25) is 0 Å². The zero-order chi connectivity index (χ0) is 18.2. The van der Waals surface area contributed by atoms with Crippen LogP contribution in [0.4, 0.5) is 0 Å². The van der Waals surface area contributed by atoms with Crippen molar-refractivity contribution in [1.82, 2.24) is 10.7 Å². The molecule has 0 saturated heterocycles. The van der Waals surface area contributed by atoms with Gasteiger partial charge in [-0.25, -0.2) is 0 Å². The second-order valence-electron chi connectivity index (χ2n) is 5.32. The second kappa shape index (κ2) is 9.89. The van der Waals surface area contributed by atoms with Crippen molar-refractivity contribution in [1.29, 1.82) is 0 Å². The van der Waals surface area contributed by atoms with Gasteiger partial charge in [0.2, 0.25) is 0 Å². The number of halogens is 2. The van der Waals surface area contributed by atoms with Crippen molar-refractivity contribution >= 4 is 55.4 Å². The summed E-state index contributed by atoms with van der Waals surface area (Å²) < 4.78 is 7.66. The molecule has 0 amide bonds. The summed E-state index contributed by atoms with van der Waals surface area (Å²) in [6, 6.07) is 12.1. The molecule has 4 nitrogen and oxygen atoms in total. The van der Waals surface area contributed by atoms with Crippen LogP contribution in [0.1, 0.15) is 23.6 Å². The summed E-state index contributed by atoms with van der Waals surface area (Å²) in [4.78, 5) is 0. The topological polar surface area (TPSA) is 45.7 Å². The normalized spacial score (nSPS) is 10.7. The highest BCUT2D eigenvalue weighted by Gasteiger charge is 2.09. The number of benzene rings is 2. The van der Waals surface area contributed by atoms with Crippen molar-refractivity contribution in [3.8, 4) is 5.75 Å². The standard InChI is InChI=1S/C18H19Br2N3OS/c1-3-21-18(25)23-22-10-14-8-15(19)17(16(20)9-14)24-11-13-6-4-5-12(2)7-13/h4-10H,3,11H2,1-2H3,(H2,21,23,25). The average Bonchev–Trinajstić information content (AvgIpc) is 2.54. The first-order valence-corrected chi connectivity index (χ1v) is 9.73. The lowest BCUT2D eigenvalue weighted by Gasteiger charge is -2.12. The first kappa shape index (κ1) is 19.9. The number of ether oxygens (including phenoxy) is 1. The van der Waals surface area contributed by atoms with Gasteiger partial charge in [-0.2, -0.15) is 5.10 Å². The molecule has 0 fully saturated rings. The van der Waals surface area contributed by atoms with E-state index in [0.717, 1.165) is 32.4 Å². The molecule has 0 bridgehead atoms. The van der Waals surface area contributed by atoms with Crippen molar-refractivity contribution < 1.29 is 4.74 Å². The van der Waals surface area contributed by atoms with Crippen LogP contribution < -0.4 is 15.5 Å². The van der Waals surface area contributed by atoms with E-state index < -0.39 is 0 Å². The molecule has 132 valence electrons. The van der Waals surface area contributed by atoms with Gasteiger partial charge in [-0.05, 0) is 81.2 Å². The molecule has 0 aliphatic rings. The van der Waals surface area contributed by atoms with Gasteiger partial charge in [-0.3, -0.25) is 5.43 Å². The smallest absolute Gasteiger partial charge is 0.186 e. The Bertz CT molecular complexity index is 758. The van der Waals surface area contributed by atoms with Gasteiger partial charge in [0.1, 0.15) is 12.4 Å². The monoisotopic (exact) mass is 483 g/mol. The fraction of sp³-hybridized carbons (Fsp3) is 0.222. The molecule has 2 aromatic carbocycles. The summed E-state index contributed by atoms with van der Waals surface area (Å²) in [5.41, 5.74) is 6.02. The molecular formula is C18H19Br2N3OS. The van der Waals surface area contributed by atoms with Crippen LogP contribution in [0.25, 0.3) is 0 Å². The maximum Gasteiger partial charge on any atom is 0.186 e. The predicted octanol–water partition coefficient (Wildman–Crippen LogP) is 4.92. The number of hydrazone groups is 1. The van der Waals surface area contributed by atoms with Crippen molar-refractivity contribution in [2.75, 3.05) is 6.54 Å². The van der Waals surface area contributed by atoms with E-state index in [0.29, 0.717) is 11.7 Å². The van der Waals surface area contributed by atoms with E-state index in [-0.39, 0.29) is 0 Å². The number of hydrogen-bond acceptors (Lipinski definition) is 3. The van der Waals surface area contributed by atoms with Crippen LogP contribution >= 0.6 is 44.1 Å². The molecule has 0 spiro atoms. The molecule has 0 saturated carbocycles. The van der Waals surface area contributed by atoms with Gasteiger partial charge in [0.15, 0.2) is 5.11 Å². The highest BCUT2D eigenvalue weighted by atomic mass is 79.9. The lowest BCUT2D eigenvalue weighted by atomic mass is 10.1. The Morgan fingerprint density at radius 3 is 2.60 bits per heavy atom. The highest BCUT2D eigenvalue weighted by Crippen LogP contribution is 2.35. The zero-order valence-corrected chi connectivity index (χ0v) is 18.0. The molecule has 7 heteroatoms. The first-order valence-electron chi connectivity index (χ1n) is 7.74. The molecule has 0 radical (unpaired) electrons. The van der Waals surface area contributed by atoms with Gasteiger partial charge >= 0.3 is 0 Å². The maximum atomic E-state index is 5.95. The van der Waals surface area contributed by atoms with Crippen molar-refractivity contribution in [2.45, 2.75) is 20.5 Å². The van der Waals surface area contributed by atoms with E-state index in [1.165, 1.54) is 5.56 Å². The summed E-state index contributed by atoms with van der Waals surface area (Å²) in [7, 11) is 0. The number of rotatable bonds is 6. The fourth-order valence-corrected chi connectivity index (χ4v) is 3.76. The Morgan fingerprint density at radius 2 is 1.96 bits per heavy atom. The van der Waals surface area contributed by atoms with E-state index in [4.69, 9.17) is 17.0 Å². The molecule has 0 unspecified atom stereocenters. The summed E-state index contributed by atoms with van der Waals surface area (Å²) in [6.45, 7) is 5.30. The average molecular weight is 485 g/mol. The van der Waals surface area contributed by atoms with E-state index in [2.05, 4.69) is 72.8 Å². The number of hydrogen-bond donors (Lipinski definition) is 2. The molecule has 2 rings (SSSR count). The minimum atomic E-state index is 0.495. The quantitative estimate of drug-likeness (QED) is 0.347. The van der Waals surface area contributed by atoms with E-state index in [9.17, 15) is 0 Å². The van der Waals surface area contributed by atoms with Gasteiger partial charge in [0.05, 0.1) is 15.2 Å². The van der Waals surface area contributed by atoms with Gasteiger partial charge in [-0.1, -0.05) is 29.8 Å². The third-order valence-electron chi connectivity index (χ3n) is 3.20. The summed E-state index contributed by atoms with van der Waals surface area (Å²) in [6.07, 6.45) is 1.70. The fourth-order valence-electron chi connectivity index (χ4n) is 2.11. The molecule has 2 aromatic rings. The molecule has 2 N–H and O–H groups in total. The Balaban J connectivity index is 2.04. The largest absolute Gasteiger partial charge is 0.487 e. The van der Waals surface area contributed by atoms with E-state index in [1.807, 2.05) is 25.1 Å². The van der Waals surface area contributed by atoms with Gasteiger partial charge in [0.25, 0.3) is 0 Å². The lowest BCUT2D eigenvalue weighted by Crippen LogP contribution is -2.31. The van der Waals surface area contributed by atoms with Crippen molar-refractivity contribution in [3.05, 3.63) is 62.0 Å². The van der Waals surface area contributed by atoms with Gasteiger partial charge < -0.3 is 10.1 Å². The molecule has 0 atom stereocenters.